The van der Waals surface area contributed by atoms with Crippen molar-refractivity contribution in [3.05, 3.63) is 26.6 Å². The van der Waals surface area contributed by atoms with Crippen LogP contribution < -0.4 is 11.2 Å². The number of aromatic nitrogens is 2. The number of hydrogen-bond donors (Lipinski definition) is 0. The monoisotopic (exact) mass is 210 g/mol. The van der Waals surface area contributed by atoms with Crippen LogP contribution in [0, 0.1) is 0 Å². The van der Waals surface area contributed by atoms with Gasteiger partial charge in [0.05, 0.1) is 0 Å². The third-order valence-corrected chi connectivity index (χ3v) is 2.93. The van der Waals surface area contributed by atoms with Crippen molar-refractivity contribution in [1.29, 1.82) is 0 Å². The highest BCUT2D eigenvalue weighted by molar-refractivity contribution is 4.93. The average molecular weight is 210 g/mol. The van der Waals surface area contributed by atoms with Crippen LogP contribution >= 0.6 is 0 Å². The summed E-state index contributed by atoms with van der Waals surface area (Å²) in [5.74, 6) is 0.615. The minimum absolute atomic E-state index is 0.103. The molecule has 1 aliphatic heterocycles. The van der Waals surface area contributed by atoms with E-state index in [9.17, 15) is 9.59 Å². The van der Waals surface area contributed by atoms with E-state index in [1.54, 1.807) is 0 Å². The van der Waals surface area contributed by atoms with Gasteiger partial charge in [-0.25, -0.2) is 4.79 Å². The van der Waals surface area contributed by atoms with Crippen molar-refractivity contribution in [1.82, 2.24) is 9.72 Å². The standard InChI is InChI=1S/C10H14N2O3/c1-2-7-5-3-4-6-8-11-15-10(14)9(13)12(7)8/h7H,2-6H2,1H3. The van der Waals surface area contributed by atoms with Crippen molar-refractivity contribution in [2.75, 3.05) is 0 Å². The minimum Gasteiger partial charge on any atom is -0.306 e. The van der Waals surface area contributed by atoms with Gasteiger partial charge in [0, 0.05) is 12.5 Å². The van der Waals surface area contributed by atoms with E-state index in [1.807, 2.05) is 6.92 Å². The van der Waals surface area contributed by atoms with Crippen molar-refractivity contribution < 1.29 is 4.52 Å². The van der Waals surface area contributed by atoms with Gasteiger partial charge in [-0.1, -0.05) is 18.5 Å². The molecular weight excluding hydrogens is 196 g/mol. The number of aryl methyl sites for hydroxylation is 1. The molecule has 15 heavy (non-hydrogen) atoms. The fourth-order valence-electron chi connectivity index (χ4n) is 2.11. The third kappa shape index (κ3) is 1.73. The average Bonchev–Trinajstić information content (AvgIpc) is 2.45. The van der Waals surface area contributed by atoms with Gasteiger partial charge in [-0.2, -0.15) is 0 Å². The van der Waals surface area contributed by atoms with E-state index in [4.69, 9.17) is 0 Å². The summed E-state index contributed by atoms with van der Waals surface area (Å²) < 4.78 is 5.99. The molecule has 0 radical (unpaired) electrons. The molecule has 2 heterocycles. The zero-order valence-electron chi connectivity index (χ0n) is 8.73. The second-order valence-electron chi connectivity index (χ2n) is 3.87. The van der Waals surface area contributed by atoms with Crippen LogP contribution in [0.25, 0.3) is 0 Å². The lowest BCUT2D eigenvalue weighted by molar-refractivity contribution is 0.306. The van der Waals surface area contributed by atoms with E-state index < -0.39 is 11.2 Å². The number of nitrogens with zero attached hydrogens (tertiary/aromatic N) is 2. The second-order valence-corrected chi connectivity index (χ2v) is 3.87. The normalized spacial score (nSPS) is 20.7. The summed E-state index contributed by atoms with van der Waals surface area (Å²) in [6.07, 6.45) is 4.56. The van der Waals surface area contributed by atoms with E-state index in [0.29, 0.717) is 5.82 Å². The maximum atomic E-state index is 11.7. The van der Waals surface area contributed by atoms with Crippen molar-refractivity contribution in [3.8, 4) is 0 Å². The third-order valence-electron chi connectivity index (χ3n) is 2.93. The molecule has 82 valence electrons. The van der Waals surface area contributed by atoms with Gasteiger partial charge in [-0.05, 0) is 19.3 Å². The fourth-order valence-corrected chi connectivity index (χ4v) is 2.11. The van der Waals surface area contributed by atoms with Gasteiger partial charge in [0.25, 0.3) is 0 Å². The SMILES string of the molecule is CCC1CCCCc2noc(=O)c(=O)n21. The predicted octanol–water partition coefficient (Wildman–Crippen LogP) is 0.874. The summed E-state index contributed by atoms with van der Waals surface area (Å²) in [7, 11) is 0. The highest BCUT2D eigenvalue weighted by Gasteiger charge is 2.20. The molecule has 1 aromatic heterocycles. The minimum atomic E-state index is -0.862. The van der Waals surface area contributed by atoms with Gasteiger partial charge >= 0.3 is 11.2 Å². The maximum Gasteiger partial charge on any atom is 0.423 e. The molecule has 0 spiro atoms. The first-order valence-corrected chi connectivity index (χ1v) is 5.35. The Hall–Kier alpha value is -1.39. The molecule has 0 aromatic carbocycles. The molecule has 0 aliphatic carbocycles. The van der Waals surface area contributed by atoms with Crippen LogP contribution in [-0.4, -0.2) is 9.72 Å². The fraction of sp³-hybridized carbons (Fsp3) is 0.700. The van der Waals surface area contributed by atoms with Gasteiger partial charge < -0.3 is 4.52 Å². The van der Waals surface area contributed by atoms with Crippen molar-refractivity contribution in [2.45, 2.75) is 45.1 Å². The van der Waals surface area contributed by atoms with Gasteiger partial charge in [0.2, 0.25) is 0 Å². The Bertz CT molecular complexity index is 460. The van der Waals surface area contributed by atoms with E-state index in [0.717, 1.165) is 32.1 Å². The lowest BCUT2D eigenvalue weighted by Crippen LogP contribution is -2.38. The van der Waals surface area contributed by atoms with E-state index in [1.165, 1.54) is 4.57 Å². The Labute approximate surface area is 86.7 Å². The molecule has 0 saturated heterocycles. The second kappa shape index (κ2) is 4.00. The highest BCUT2D eigenvalue weighted by atomic mass is 16.5. The highest BCUT2D eigenvalue weighted by Crippen LogP contribution is 2.22. The van der Waals surface area contributed by atoms with Crippen LogP contribution in [0.3, 0.4) is 0 Å². The Kier molecular flexibility index (Phi) is 2.70. The Balaban J connectivity index is 2.62. The summed E-state index contributed by atoms with van der Waals surface area (Å²) in [6.45, 7) is 2.01. The predicted molar refractivity (Wildman–Crippen MR) is 53.9 cm³/mol. The van der Waals surface area contributed by atoms with Crippen LogP contribution in [0.15, 0.2) is 14.1 Å². The van der Waals surface area contributed by atoms with E-state index >= 15 is 0 Å². The van der Waals surface area contributed by atoms with Crippen molar-refractivity contribution in [3.63, 3.8) is 0 Å². The molecule has 5 heteroatoms. The smallest absolute Gasteiger partial charge is 0.306 e. The van der Waals surface area contributed by atoms with Gasteiger partial charge in [-0.3, -0.25) is 9.36 Å². The molecule has 1 aromatic rings. The summed E-state index contributed by atoms with van der Waals surface area (Å²) in [4.78, 5) is 22.8. The first kappa shape index (κ1) is 10.1. The van der Waals surface area contributed by atoms with Crippen molar-refractivity contribution >= 4 is 0 Å². The van der Waals surface area contributed by atoms with Gasteiger partial charge in [0.1, 0.15) is 0 Å². The number of rotatable bonds is 1. The van der Waals surface area contributed by atoms with Crippen LogP contribution in [0.2, 0.25) is 0 Å². The largest absolute Gasteiger partial charge is 0.423 e. The first-order chi connectivity index (χ1) is 7.24. The van der Waals surface area contributed by atoms with Crippen LogP contribution in [0.4, 0.5) is 0 Å². The molecule has 1 aliphatic rings. The lowest BCUT2D eigenvalue weighted by Gasteiger charge is -2.16. The van der Waals surface area contributed by atoms with Crippen LogP contribution in [-0.2, 0) is 6.42 Å². The molecule has 0 saturated carbocycles. The van der Waals surface area contributed by atoms with Gasteiger partial charge in [-0.15, -0.1) is 0 Å². The van der Waals surface area contributed by atoms with Crippen LogP contribution in [0.5, 0.6) is 0 Å². The number of hydrogen-bond acceptors (Lipinski definition) is 4. The molecule has 0 amide bonds. The molecule has 5 nitrogen and oxygen atoms in total. The molecule has 0 fully saturated rings. The van der Waals surface area contributed by atoms with Crippen LogP contribution in [0.1, 0.15) is 44.5 Å². The molecule has 0 N–H and O–H groups in total. The summed E-state index contributed by atoms with van der Waals surface area (Å²) >= 11 is 0. The Morgan fingerprint density at radius 1 is 1.47 bits per heavy atom. The van der Waals surface area contributed by atoms with Crippen molar-refractivity contribution in [2.24, 2.45) is 0 Å². The lowest BCUT2D eigenvalue weighted by atomic mass is 10.1. The molecule has 2 rings (SSSR count). The maximum absolute atomic E-state index is 11.7. The molecular formula is C10H14N2O3. The Morgan fingerprint density at radius 2 is 2.27 bits per heavy atom. The molecule has 1 unspecified atom stereocenters. The number of fused-ring (bicyclic) bond motifs is 1. The summed E-state index contributed by atoms with van der Waals surface area (Å²) in [5, 5.41) is 3.71. The summed E-state index contributed by atoms with van der Waals surface area (Å²) in [6, 6.07) is 0.103. The first-order valence-electron chi connectivity index (χ1n) is 5.35. The Morgan fingerprint density at radius 3 is 3.00 bits per heavy atom. The zero-order chi connectivity index (χ0) is 10.8. The summed E-state index contributed by atoms with van der Waals surface area (Å²) in [5.41, 5.74) is -1.42. The zero-order valence-corrected chi connectivity index (χ0v) is 8.73. The van der Waals surface area contributed by atoms with E-state index in [-0.39, 0.29) is 6.04 Å². The molecule has 0 bridgehead atoms. The molecule has 1 atom stereocenters. The van der Waals surface area contributed by atoms with E-state index in [2.05, 4.69) is 9.68 Å². The van der Waals surface area contributed by atoms with Gasteiger partial charge in [0.15, 0.2) is 5.82 Å². The quantitative estimate of drug-likeness (QED) is 0.645. The topological polar surface area (TPSA) is 65.1 Å².